The monoisotopic (exact) mass is 540 g/mol. The van der Waals surface area contributed by atoms with E-state index in [1.807, 2.05) is 6.92 Å². The first-order chi connectivity index (χ1) is 18.6. The van der Waals surface area contributed by atoms with E-state index in [2.05, 4.69) is 15.2 Å². The van der Waals surface area contributed by atoms with Gasteiger partial charge in [-0.05, 0) is 80.9 Å². The quantitative estimate of drug-likeness (QED) is 0.265. The molecule has 0 aliphatic carbocycles. The average Bonchev–Trinajstić information content (AvgIpc) is 3.43. The first-order valence-corrected chi connectivity index (χ1v) is 12.5. The van der Waals surface area contributed by atoms with Gasteiger partial charge in [-0.3, -0.25) is 19.7 Å². The van der Waals surface area contributed by atoms with Crippen LogP contribution < -0.4 is 26.6 Å². The van der Waals surface area contributed by atoms with Gasteiger partial charge < -0.3 is 15.8 Å². The molecule has 1 fully saturated rings. The SMILES string of the molecule is Cc1ccc(C(=O)Nc2ccc(OCCN3CCCC3)c(C(F)(F)F)c2)cc1N(N)/C=C(\N)c1cccnc1. The van der Waals surface area contributed by atoms with Crippen LogP contribution >= 0.6 is 0 Å². The number of hydrogen-bond donors (Lipinski definition) is 3. The second kappa shape index (κ2) is 12.2. The summed E-state index contributed by atoms with van der Waals surface area (Å²) in [6.07, 6.45) is 2.24. The van der Waals surface area contributed by atoms with Gasteiger partial charge in [0.2, 0.25) is 0 Å². The van der Waals surface area contributed by atoms with E-state index in [9.17, 15) is 18.0 Å². The standard InChI is InChI=1S/C28H31F3N6O2/c1-19-6-7-20(15-25(19)37(33)18-24(32)21-5-4-10-34-17-21)27(38)35-22-8-9-26(23(16-22)28(29,30)31)39-14-13-36-11-2-3-12-36/h4-10,15-18H,2-3,11-14,32-33H2,1H3,(H,35,38)/b24-18-. The molecular formula is C28H31F3N6O2. The van der Waals surface area contributed by atoms with Crippen LogP contribution in [-0.4, -0.2) is 42.0 Å². The number of benzene rings is 2. The first-order valence-electron chi connectivity index (χ1n) is 12.5. The van der Waals surface area contributed by atoms with Crippen molar-refractivity contribution in [3.63, 3.8) is 0 Å². The molecule has 39 heavy (non-hydrogen) atoms. The highest BCUT2D eigenvalue weighted by molar-refractivity contribution is 6.05. The largest absolute Gasteiger partial charge is 0.492 e. The van der Waals surface area contributed by atoms with Crippen LogP contribution in [0.3, 0.4) is 0 Å². The molecule has 3 aromatic rings. The summed E-state index contributed by atoms with van der Waals surface area (Å²) < 4.78 is 46.8. The molecule has 1 amide bonds. The zero-order valence-electron chi connectivity index (χ0n) is 21.5. The predicted octanol–water partition coefficient (Wildman–Crippen LogP) is 4.77. The van der Waals surface area contributed by atoms with Crippen molar-refractivity contribution in [3.8, 4) is 5.75 Å². The maximum atomic E-state index is 13.8. The van der Waals surface area contributed by atoms with E-state index in [0.717, 1.165) is 37.6 Å². The number of pyridine rings is 1. The molecule has 2 heterocycles. The number of hydrogen-bond acceptors (Lipinski definition) is 7. The van der Waals surface area contributed by atoms with Crippen LogP contribution in [0.1, 0.15) is 39.9 Å². The lowest BCUT2D eigenvalue weighted by Gasteiger charge is -2.19. The van der Waals surface area contributed by atoms with E-state index in [1.54, 1.807) is 36.7 Å². The summed E-state index contributed by atoms with van der Waals surface area (Å²) in [6, 6.07) is 11.8. The van der Waals surface area contributed by atoms with Gasteiger partial charge in [-0.25, -0.2) is 5.84 Å². The zero-order valence-corrected chi connectivity index (χ0v) is 21.5. The molecule has 1 aromatic heterocycles. The Labute approximate surface area is 225 Å². The molecule has 0 spiro atoms. The first kappa shape index (κ1) is 27.9. The molecule has 1 saturated heterocycles. The third kappa shape index (κ3) is 7.27. The summed E-state index contributed by atoms with van der Waals surface area (Å²) in [5, 5.41) is 3.82. The second-order valence-corrected chi connectivity index (χ2v) is 9.29. The molecule has 1 aliphatic rings. The Balaban J connectivity index is 1.48. The van der Waals surface area contributed by atoms with E-state index < -0.39 is 17.6 Å². The normalized spacial score (nSPS) is 14.3. The fourth-order valence-corrected chi connectivity index (χ4v) is 4.31. The third-order valence-electron chi connectivity index (χ3n) is 6.43. The van der Waals surface area contributed by atoms with Crippen molar-refractivity contribution in [2.24, 2.45) is 11.6 Å². The molecule has 5 N–H and O–H groups in total. The number of rotatable bonds is 9. The van der Waals surface area contributed by atoms with Crippen LogP contribution in [0.5, 0.6) is 5.75 Å². The van der Waals surface area contributed by atoms with Gasteiger partial charge in [0.15, 0.2) is 0 Å². The van der Waals surface area contributed by atoms with Crippen molar-refractivity contribution in [2.75, 3.05) is 36.6 Å². The number of hydrazine groups is 1. The number of amides is 1. The lowest BCUT2D eigenvalue weighted by atomic mass is 10.1. The number of nitrogens with two attached hydrogens (primary N) is 2. The summed E-state index contributed by atoms with van der Waals surface area (Å²) in [5.41, 5.74) is 7.66. The highest BCUT2D eigenvalue weighted by Gasteiger charge is 2.35. The summed E-state index contributed by atoms with van der Waals surface area (Å²) >= 11 is 0. The fourth-order valence-electron chi connectivity index (χ4n) is 4.31. The Kier molecular flexibility index (Phi) is 8.72. The van der Waals surface area contributed by atoms with E-state index >= 15 is 0 Å². The molecular weight excluding hydrogens is 509 g/mol. The molecule has 0 atom stereocenters. The molecule has 0 unspecified atom stereocenters. The summed E-state index contributed by atoms with van der Waals surface area (Å²) in [7, 11) is 0. The number of nitrogens with zero attached hydrogens (tertiary/aromatic N) is 3. The summed E-state index contributed by atoms with van der Waals surface area (Å²) in [4.78, 5) is 19.2. The zero-order chi connectivity index (χ0) is 28.0. The van der Waals surface area contributed by atoms with Crippen molar-refractivity contribution in [1.82, 2.24) is 9.88 Å². The highest BCUT2D eigenvalue weighted by atomic mass is 19.4. The van der Waals surface area contributed by atoms with Gasteiger partial charge in [-0.1, -0.05) is 6.07 Å². The number of likely N-dealkylation sites (tertiary alicyclic amines) is 1. The Hall–Kier alpha value is -4.09. The van der Waals surface area contributed by atoms with Gasteiger partial charge in [-0.15, -0.1) is 0 Å². The average molecular weight is 541 g/mol. The van der Waals surface area contributed by atoms with Crippen molar-refractivity contribution >= 4 is 23.0 Å². The van der Waals surface area contributed by atoms with Gasteiger partial charge >= 0.3 is 6.18 Å². The van der Waals surface area contributed by atoms with E-state index in [4.69, 9.17) is 16.3 Å². The number of aromatic nitrogens is 1. The van der Waals surface area contributed by atoms with Crippen LogP contribution in [-0.2, 0) is 6.18 Å². The number of alkyl halides is 3. The van der Waals surface area contributed by atoms with Crippen molar-refractivity contribution in [3.05, 3.63) is 89.4 Å². The lowest BCUT2D eigenvalue weighted by Crippen LogP contribution is -2.27. The van der Waals surface area contributed by atoms with Crippen molar-refractivity contribution < 1.29 is 22.7 Å². The molecule has 11 heteroatoms. The third-order valence-corrected chi connectivity index (χ3v) is 6.43. The van der Waals surface area contributed by atoms with Gasteiger partial charge in [0.05, 0.1) is 16.9 Å². The molecule has 2 aromatic carbocycles. The molecule has 4 rings (SSSR count). The Morgan fingerprint density at radius 3 is 2.62 bits per heavy atom. The van der Waals surface area contributed by atoms with Crippen LogP contribution in [0.4, 0.5) is 24.5 Å². The number of carbonyl (C=O) groups is 1. The molecule has 8 nitrogen and oxygen atoms in total. The van der Waals surface area contributed by atoms with Crippen LogP contribution in [0.15, 0.2) is 67.1 Å². The Morgan fingerprint density at radius 2 is 1.92 bits per heavy atom. The van der Waals surface area contributed by atoms with Crippen LogP contribution in [0.25, 0.3) is 5.70 Å². The molecule has 0 saturated carbocycles. The maximum Gasteiger partial charge on any atom is 0.420 e. The minimum atomic E-state index is -4.65. The van der Waals surface area contributed by atoms with Gasteiger partial charge in [0.25, 0.3) is 5.91 Å². The number of anilines is 2. The molecule has 1 aliphatic heterocycles. The van der Waals surface area contributed by atoms with Crippen LogP contribution in [0, 0.1) is 6.92 Å². The molecule has 0 bridgehead atoms. The Bertz CT molecular complexity index is 1320. The second-order valence-electron chi connectivity index (χ2n) is 9.29. The number of halogens is 3. The van der Waals surface area contributed by atoms with Crippen molar-refractivity contribution in [2.45, 2.75) is 25.9 Å². The van der Waals surface area contributed by atoms with Gasteiger partial charge in [0, 0.05) is 42.0 Å². The van der Waals surface area contributed by atoms with E-state index in [-0.39, 0.29) is 23.6 Å². The number of nitrogens with one attached hydrogen (secondary N) is 1. The van der Waals surface area contributed by atoms with E-state index in [0.29, 0.717) is 23.5 Å². The summed E-state index contributed by atoms with van der Waals surface area (Å²) in [5.74, 6) is 5.34. The minimum Gasteiger partial charge on any atom is -0.492 e. The van der Waals surface area contributed by atoms with Gasteiger partial charge in [-0.2, -0.15) is 13.2 Å². The predicted molar refractivity (Wildman–Crippen MR) is 145 cm³/mol. The lowest BCUT2D eigenvalue weighted by molar-refractivity contribution is -0.138. The fraction of sp³-hybridized carbons (Fsp3) is 0.286. The molecule has 0 radical (unpaired) electrons. The maximum absolute atomic E-state index is 13.8. The van der Waals surface area contributed by atoms with Gasteiger partial charge in [0.1, 0.15) is 12.4 Å². The van der Waals surface area contributed by atoms with E-state index in [1.165, 1.54) is 29.4 Å². The van der Waals surface area contributed by atoms with Crippen molar-refractivity contribution in [1.29, 1.82) is 0 Å². The number of ether oxygens (including phenoxy) is 1. The minimum absolute atomic E-state index is 0.00772. The Morgan fingerprint density at radius 1 is 1.15 bits per heavy atom. The molecule has 206 valence electrons. The highest BCUT2D eigenvalue weighted by Crippen LogP contribution is 2.38. The number of aryl methyl sites for hydroxylation is 1. The number of carbonyl (C=O) groups excluding carboxylic acids is 1. The van der Waals surface area contributed by atoms with Crippen LogP contribution in [0.2, 0.25) is 0 Å². The smallest absolute Gasteiger partial charge is 0.420 e. The summed E-state index contributed by atoms with van der Waals surface area (Å²) in [6.45, 7) is 4.38. The topological polar surface area (TPSA) is 110 Å².